The molecule has 0 radical (unpaired) electrons. The summed E-state index contributed by atoms with van der Waals surface area (Å²) in [6, 6.07) is 38.3. The minimum atomic E-state index is 0.905. The van der Waals surface area contributed by atoms with Gasteiger partial charge in [-0.1, -0.05) is 77.1 Å². The standard InChI is InChI=1S/C30H40N2.2C6H5.Ni/c1-4-7-10-11-18-28-23-29(26-19-12-16-24(21-26)14-8-5-2)32(31)30(28)27-20-13-17-25(22-27)15-9-6-3;2*1-2-4-6-5-3-1;/h12-13,16-17,19-23H,4-11,14-15,18H2,1-3H3;2*1-5H;. The molecule has 4 aromatic carbocycles. The first-order chi connectivity index (χ1) is 22.1. The summed E-state index contributed by atoms with van der Waals surface area (Å²) in [5.41, 5.74) is 19.4. The van der Waals surface area contributed by atoms with Crippen molar-refractivity contribution < 1.29 is 19.1 Å². The van der Waals surface area contributed by atoms with Gasteiger partial charge in [0, 0.05) is 22.8 Å². The van der Waals surface area contributed by atoms with Crippen LogP contribution in [-0.2, 0) is 27.3 Å². The SMILES string of the molecule is CCCCCCC1=C(c2cccc(CCCC)c2)[N+](=[N-])C(c2cccc(CCCC)c2)=C1.c1cc[c]([Ni][c]2ccccc2)cc1. The minimum absolute atomic E-state index is 0.905. The van der Waals surface area contributed by atoms with Crippen molar-refractivity contribution in [3.63, 3.8) is 0 Å². The number of unbranched alkanes of at least 4 members (excludes halogenated alkanes) is 5. The van der Waals surface area contributed by atoms with E-state index in [1.165, 1.54) is 75.4 Å². The van der Waals surface area contributed by atoms with Crippen LogP contribution in [0.1, 0.15) is 101 Å². The van der Waals surface area contributed by atoms with Gasteiger partial charge in [0.2, 0.25) is 11.4 Å². The van der Waals surface area contributed by atoms with Gasteiger partial charge in [-0.15, -0.1) is 0 Å². The Balaban J connectivity index is 0.000000293. The van der Waals surface area contributed by atoms with Crippen molar-refractivity contribution in [1.82, 2.24) is 0 Å². The van der Waals surface area contributed by atoms with Crippen molar-refractivity contribution >= 4 is 20.5 Å². The van der Waals surface area contributed by atoms with Crippen LogP contribution in [0.25, 0.3) is 16.9 Å². The molecule has 0 aliphatic carbocycles. The molecule has 0 fully saturated rings. The second-order valence-corrected chi connectivity index (χ2v) is 13.1. The molecule has 0 spiro atoms. The summed E-state index contributed by atoms with van der Waals surface area (Å²) in [6.45, 7) is 6.72. The van der Waals surface area contributed by atoms with Crippen LogP contribution in [0.5, 0.6) is 0 Å². The third-order valence-electron chi connectivity index (χ3n) is 8.02. The van der Waals surface area contributed by atoms with E-state index >= 15 is 0 Å². The molecule has 2 nitrogen and oxygen atoms in total. The average Bonchev–Trinajstić information content (AvgIpc) is 3.42. The van der Waals surface area contributed by atoms with Gasteiger partial charge in [0.25, 0.3) is 0 Å². The molecule has 0 unspecified atom stereocenters. The second kappa shape index (κ2) is 19.1. The maximum atomic E-state index is 11.4. The fourth-order valence-electron chi connectivity index (χ4n) is 5.54. The van der Waals surface area contributed by atoms with Gasteiger partial charge in [-0.3, -0.25) is 0 Å². The number of rotatable bonds is 15. The molecule has 0 N–H and O–H groups in total. The molecule has 0 saturated carbocycles. The Hall–Kier alpha value is -3.55. The van der Waals surface area contributed by atoms with Crippen molar-refractivity contribution in [3.05, 3.63) is 149 Å². The Morgan fingerprint density at radius 3 is 1.62 bits per heavy atom. The summed E-state index contributed by atoms with van der Waals surface area (Å²) in [4.78, 5) is 0. The van der Waals surface area contributed by atoms with E-state index in [0.717, 1.165) is 48.2 Å². The summed E-state index contributed by atoms with van der Waals surface area (Å²) < 4.78 is 4.06. The molecule has 0 atom stereocenters. The molecule has 0 aromatic heterocycles. The normalized spacial score (nSPS) is 12.7. The summed E-state index contributed by atoms with van der Waals surface area (Å²) in [7, 11) is 0. The van der Waals surface area contributed by atoms with Crippen LogP contribution in [0.3, 0.4) is 0 Å². The third-order valence-corrected chi connectivity index (χ3v) is 9.25. The van der Waals surface area contributed by atoms with Gasteiger partial charge in [-0.25, -0.2) is 4.70 Å². The predicted octanol–water partition coefficient (Wildman–Crippen LogP) is 10.9. The van der Waals surface area contributed by atoms with Crippen molar-refractivity contribution in [2.24, 2.45) is 0 Å². The van der Waals surface area contributed by atoms with Gasteiger partial charge in [-0.05, 0) is 73.9 Å². The van der Waals surface area contributed by atoms with E-state index in [9.17, 15) is 5.53 Å². The van der Waals surface area contributed by atoms with Gasteiger partial charge >= 0.3 is 84.2 Å². The van der Waals surface area contributed by atoms with Gasteiger partial charge in [0.15, 0.2) is 0 Å². The van der Waals surface area contributed by atoms with Crippen LogP contribution in [0.4, 0.5) is 0 Å². The zero-order valence-corrected chi connectivity index (χ0v) is 28.4. The quantitative estimate of drug-likeness (QED) is 0.0701. The van der Waals surface area contributed by atoms with Crippen LogP contribution in [-0.4, -0.2) is 4.70 Å². The first-order valence-electron chi connectivity index (χ1n) is 16.9. The fourth-order valence-corrected chi connectivity index (χ4v) is 6.57. The molecule has 238 valence electrons. The molecule has 4 aromatic rings. The molecule has 3 heteroatoms. The van der Waals surface area contributed by atoms with Crippen LogP contribution >= 0.6 is 0 Å². The van der Waals surface area contributed by atoms with E-state index in [0.29, 0.717) is 0 Å². The molecular weight excluding hydrogens is 591 g/mol. The molecule has 0 saturated heterocycles. The second-order valence-electron chi connectivity index (χ2n) is 11.7. The summed E-state index contributed by atoms with van der Waals surface area (Å²) in [6.07, 6.45) is 15.1. The van der Waals surface area contributed by atoms with Gasteiger partial charge in [0.05, 0.1) is 0 Å². The number of benzene rings is 4. The number of allylic oxidation sites excluding steroid dienone is 2. The molecule has 1 aliphatic heterocycles. The molecular formula is C42H50N2Ni. The van der Waals surface area contributed by atoms with E-state index in [2.05, 4.69) is 124 Å². The fraction of sp³-hybridized carbons (Fsp3) is 0.333. The molecule has 1 aliphatic rings. The Morgan fingerprint density at radius 1 is 0.533 bits per heavy atom. The third kappa shape index (κ3) is 10.8. The Bertz CT molecular complexity index is 1500. The predicted molar refractivity (Wildman–Crippen MR) is 190 cm³/mol. The maximum absolute atomic E-state index is 11.4. The van der Waals surface area contributed by atoms with E-state index < -0.39 is 0 Å². The molecule has 45 heavy (non-hydrogen) atoms. The summed E-state index contributed by atoms with van der Waals surface area (Å²) in [5, 5.41) is 0. The first kappa shape index (κ1) is 34.3. The molecule has 0 amide bonds. The van der Waals surface area contributed by atoms with E-state index in [1.54, 1.807) is 14.4 Å². The van der Waals surface area contributed by atoms with Crippen molar-refractivity contribution in [2.75, 3.05) is 0 Å². The van der Waals surface area contributed by atoms with Gasteiger partial charge in [-0.2, -0.15) is 0 Å². The van der Waals surface area contributed by atoms with Crippen LogP contribution in [0, 0.1) is 0 Å². The number of nitrogens with zero attached hydrogens (tertiary/aromatic N) is 2. The molecule has 1 heterocycles. The van der Waals surface area contributed by atoms with Crippen molar-refractivity contribution in [1.29, 1.82) is 0 Å². The van der Waals surface area contributed by atoms with Crippen LogP contribution in [0.15, 0.2) is 121 Å². The molecule has 5 rings (SSSR count). The van der Waals surface area contributed by atoms with E-state index in [4.69, 9.17) is 0 Å². The number of aryl methyl sites for hydroxylation is 2. The van der Waals surface area contributed by atoms with Crippen LogP contribution in [0.2, 0.25) is 0 Å². The van der Waals surface area contributed by atoms with E-state index in [1.807, 2.05) is 12.1 Å². The Labute approximate surface area is 278 Å². The van der Waals surface area contributed by atoms with Crippen LogP contribution < -0.4 is 9.07 Å². The van der Waals surface area contributed by atoms with Crippen molar-refractivity contribution in [3.8, 4) is 0 Å². The zero-order chi connectivity index (χ0) is 31.7. The Morgan fingerprint density at radius 2 is 1.07 bits per heavy atom. The zero-order valence-electron chi connectivity index (χ0n) is 27.5. The number of hydrogen-bond donors (Lipinski definition) is 0. The van der Waals surface area contributed by atoms with E-state index in [-0.39, 0.29) is 0 Å². The van der Waals surface area contributed by atoms with Gasteiger partial charge in [0.1, 0.15) is 0 Å². The summed E-state index contributed by atoms with van der Waals surface area (Å²) >= 11 is 1.60. The van der Waals surface area contributed by atoms with Gasteiger partial charge < -0.3 is 5.53 Å². The summed E-state index contributed by atoms with van der Waals surface area (Å²) in [5.74, 6) is 0. The first-order valence-corrected chi connectivity index (χ1v) is 17.9. The molecule has 0 bridgehead atoms. The topological polar surface area (TPSA) is 25.3 Å². The monoisotopic (exact) mass is 640 g/mol. The Kier molecular flexibility index (Phi) is 14.6. The average molecular weight is 642 g/mol. The number of hydrogen-bond acceptors (Lipinski definition) is 0. The van der Waals surface area contributed by atoms with Crippen molar-refractivity contribution in [2.45, 2.75) is 91.4 Å².